The van der Waals surface area contributed by atoms with Gasteiger partial charge in [0.15, 0.2) is 0 Å². The Morgan fingerprint density at radius 2 is 1.14 bits per heavy atom. The summed E-state index contributed by atoms with van der Waals surface area (Å²) in [6.45, 7) is 5.44. The van der Waals surface area contributed by atoms with Crippen molar-refractivity contribution in [3.05, 3.63) is 71.3 Å². The topological polar surface area (TPSA) is 101 Å². The Balaban J connectivity index is 1.49. The number of para-hydroxylation sites is 2. The van der Waals surface area contributed by atoms with Gasteiger partial charge in [0.2, 0.25) is 23.6 Å². The quantitative estimate of drug-likeness (QED) is 0.475. The van der Waals surface area contributed by atoms with Crippen molar-refractivity contribution in [1.29, 1.82) is 0 Å². The minimum absolute atomic E-state index is 0.125. The normalized spacial score (nSPS) is 30.0. The van der Waals surface area contributed by atoms with Crippen molar-refractivity contribution < 1.29 is 28.7 Å². The molecule has 6 atom stereocenters. The average molecular weight is 499 g/mol. The lowest BCUT2D eigenvalue weighted by atomic mass is 9.52. The van der Waals surface area contributed by atoms with Crippen LogP contribution in [0.15, 0.2) is 60.2 Å². The molecule has 3 aliphatic carbocycles. The van der Waals surface area contributed by atoms with Gasteiger partial charge in [-0.2, -0.15) is 0 Å². The van der Waals surface area contributed by atoms with Crippen LogP contribution >= 0.6 is 0 Å². The van der Waals surface area contributed by atoms with E-state index in [0.717, 1.165) is 11.1 Å². The lowest BCUT2D eigenvalue weighted by Crippen LogP contribution is -2.53. The SMILES string of the molecule is CCOC(=O)C1=CC2[C@H]3C(=O)N(c4ccccc4C)C(=O)[C@H]3C1[C@@H]1C(=O)N(c3ccccc3C)C(=O)[C@@H]21. The molecule has 2 saturated heterocycles. The van der Waals surface area contributed by atoms with Gasteiger partial charge in [-0.15, -0.1) is 0 Å². The Labute approximate surface area is 213 Å². The number of anilines is 2. The van der Waals surface area contributed by atoms with Crippen molar-refractivity contribution in [2.45, 2.75) is 20.8 Å². The number of allylic oxidation sites excluding steroid dienone is 1. The third-order valence-corrected chi connectivity index (χ3v) is 8.35. The van der Waals surface area contributed by atoms with Gasteiger partial charge in [0.1, 0.15) is 0 Å². The second-order valence-electron chi connectivity index (χ2n) is 10.1. The average Bonchev–Trinajstić information content (AvgIpc) is 3.31. The van der Waals surface area contributed by atoms with Gasteiger partial charge in [-0.3, -0.25) is 19.2 Å². The molecule has 0 spiro atoms. The van der Waals surface area contributed by atoms with E-state index in [4.69, 9.17) is 4.74 Å². The summed E-state index contributed by atoms with van der Waals surface area (Å²) in [4.78, 5) is 70.9. The summed E-state index contributed by atoms with van der Waals surface area (Å²) in [7, 11) is 0. The largest absolute Gasteiger partial charge is 0.463 e. The first-order chi connectivity index (χ1) is 17.8. The van der Waals surface area contributed by atoms with Crippen molar-refractivity contribution >= 4 is 41.0 Å². The number of benzene rings is 2. The van der Waals surface area contributed by atoms with Crippen molar-refractivity contribution in [1.82, 2.24) is 0 Å². The molecule has 7 rings (SSSR count). The van der Waals surface area contributed by atoms with E-state index in [2.05, 4.69) is 0 Å². The van der Waals surface area contributed by atoms with Gasteiger partial charge < -0.3 is 4.74 Å². The van der Waals surface area contributed by atoms with Crippen LogP contribution in [0.5, 0.6) is 0 Å². The number of rotatable bonds is 4. The minimum atomic E-state index is -0.921. The standard InChI is InChI=1S/C29H26N2O6/c1-4-37-29(36)17-13-16-21-23(27(34)30(25(21)32)18-11-7-5-9-14(18)2)20(17)24-22(16)26(33)31(28(24)35)19-12-8-6-10-15(19)3/h5-13,16,20-24H,4H2,1-3H3/t16?,20?,21-,22+,23-,24-/m0/s1. The fourth-order valence-corrected chi connectivity index (χ4v) is 6.87. The predicted molar refractivity (Wildman–Crippen MR) is 133 cm³/mol. The van der Waals surface area contributed by atoms with Crippen LogP contribution in [0, 0.1) is 49.4 Å². The summed E-state index contributed by atoms with van der Waals surface area (Å²) in [6.07, 6.45) is 1.63. The van der Waals surface area contributed by atoms with Gasteiger partial charge in [0, 0.05) is 17.4 Å². The van der Waals surface area contributed by atoms with Gasteiger partial charge in [-0.05, 0) is 44.0 Å². The van der Waals surface area contributed by atoms with Gasteiger partial charge in [-0.1, -0.05) is 42.5 Å². The fraction of sp³-hybridized carbons (Fsp3) is 0.345. The second-order valence-corrected chi connectivity index (χ2v) is 10.1. The predicted octanol–water partition coefficient (Wildman–Crippen LogP) is 2.96. The van der Waals surface area contributed by atoms with Crippen molar-refractivity contribution in [3.8, 4) is 0 Å². The number of carbonyl (C=O) groups excluding carboxylic acids is 5. The van der Waals surface area contributed by atoms with E-state index in [1.165, 1.54) is 9.80 Å². The maximum absolute atomic E-state index is 13.9. The van der Waals surface area contributed by atoms with Gasteiger partial charge in [0.25, 0.3) is 0 Å². The molecule has 5 aliphatic rings. The Kier molecular flexibility index (Phi) is 5.19. The molecule has 2 aromatic rings. The molecule has 2 bridgehead atoms. The molecule has 1 saturated carbocycles. The monoisotopic (exact) mass is 498 g/mol. The Morgan fingerprint density at radius 3 is 1.57 bits per heavy atom. The van der Waals surface area contributed by atoms with Crippen molar-refractivity contribution in [2.75, 3.05) is 16.4 Å². The summed E-state index contributed by atoms with van der Waals surface area (Å²) >= 11 is 0. The fourth-order valence-electron chi connectivity index (χ4n) is 6.87. The van der Waals surface area contributed by atoms with E-state index in [9.17, 15) is 24.0 Å². The van der Waals surface area contributed by atoms with E-state index >= 15 is 0 Å². The number of amides is 4. The van der Waals surface area contributed by atoms with Crippen LogP contribution in [0.3, 0.4) is 0 Å². The molecule has 3 fully saturated rings. The van der Waals surface area contributed by atoms with Crippen molar-refractivity contribution in [3.63, 3.8) is 0 Å². The summed E-state index contributed by atoms with van der Waals surface area (Å²) in [6, 6.07) is 14.2. The van der Waals surface area contributed by atoms with Crippen LogP contribution in [0.25, 0.3) is 0 Å². The number of nitrogens with zero attached hydrogens (tertiary/aromatic N) is 2. The highest BCUT2D eigenvalue weighted by Crippen LogP contribution is 2.61. The number of carbonyl (C=O) groups is 5. The molecule has 4 amide bonds. The van der Waals surface area contributed by atoms with Crippen LogP contribution in [0.1, 0.15) is 18.1 Å². The minimum Gasteiger partial charge on any atom is -0.463 e. The first-order valence-corrected chi connectivity index (χ1v) is 12.5. The van der Waals surface area contributed by atoms with Crippen molar-refractivity contribution in [2.24, 2.45) is 35.5 Å². The first kappa shape index (κ1) is 23.3. The van der Waals surface area contributed by atoms with Crippen LogP contribution in [-0.2, 0) is 28.7 Å². The molecule has 0 radical (unpaired) electrons. The van der Waals surface area contributed by atoms with Gasteiger partial charge in [-0.25, -0.2) is 14.6 Å². The zero-order chi connectivity index (χ0) is 26.2. The third kappa shape index (κ3) is 3.04. The highest BCUT2D eigenvalue weighted by atomic mass is 16.5. The smallest absolute Gasteiger partial charge is 0.334 e. The first-order valence-electron chi connectivity index (χ1n) is 12.5. The highest BCUT2D eigenvalue weighted by molar-refractivity contribution is 6.27. The Hall–Kier alpha value is -4.07. The molecule has 37 heavy (non-hydrogen) atoms. The maximum Gasteiger partial charge on any atom is 0.334 e. The lowest BCUT2D eigenvalue weighted by Gasteiger charge is -2.46. The number of ether oxygens (including phenoxy) is 1. The summed E-state index contributed by atoms with van der Waals surface area (Å²) in [5.74, 6) is -7.48. The molecule has 2 aliphatic heterocycles. The Bertz CT molecular complexity index is 1340. The summed E-state index contributed by atoms with van der Waals surface area (Å²) in [5.41, 5.74) is 2.69. The number of esters is 1. The molecule has 188 valence electrons. The van der Waals surface area contributed by atoms with E-state index in [1.54, 1.807) is 37.3 Å². The van der Waals surface area contributed by atoms with E-state index in [0.29, 0.717) is 11.4 Å². The molecule has 0 aromatic heterocycles. The molecule has 8 nitrogen and oxygen atoms in total. The summed E-state index contributed by atoms with van der Waals surface area (Å²) in [5, 5.41) is 0. The molecule has 2 heterocycles. The number of hydrogen-bond acceptors (Lipinski definition) is 6. The molecular weight excluding hydrogens is 472 g/mol. The van der Waals surface area contributed by atoms with Gasteiger partial charge >= 0.3 is 5.97 Å². The molecule has 0 N–H and O–H groups in total. The zero-order valence-corrected chi connectivity index (χ0v) is 20.7. The molecule has 2 unspecified atom stereocenters. The van der Waals surface area contributed by atoms with Crippen LogP contribution in [0.4, 0.5) is 11.4 Å². The Morgan fingerprint density at radius 1 is 0.703 bits per heavy atom. The third-order valence-electron chi connectivity index (χ3n) is 8.35. The number of aryl methyl sites for hydroxylation is 2. The van der Waals surface area contributed by atoms with Crippen LogP contribution in [0.2, 0.25) is 0 Å². The second kappa shape index (κ2) is 8.23. The zero-order valence-electron chi connectivity index (χ0n) is 20.7. The highest BCUT2D eigenvalue weighted by Gasteiger charge is 2.71. The van der Waals surface area contributed by atoms with Gasteiger partial charge in [0.05, 0.1) is 41.7 Å². The summed E-state index contributed by atoms with van der Waals surface area (Å²) < 4.78 is 5.29. The number of hydrogen-bond donors (Lipinski definition) is 0. The maximum atomic E-state index is 13.9. The van der Waals surface area contributed by atoms with E-state index < -0.39 is 65.1 Å². The van der Waals surface area contributed by atoms with E-state index in [-0.39, 0.29) is 12.2 Å². The lowest BCUT2D eigenvalue weighted by molar-refractivity contribution is -0.146. The molecule has 2 aromatic carbocycles. The number of imide groups is 2. The van der Waals surface area contributed by atoms with Crippen LogP contribution < -0.4 is 9.80 Å². The molecular formula is C29H26N2O6. The molecule has 8 heteroatoms. The van der Waals surface area contributed by atoms with E-state index in [1.807, 2.05) is 38.1 Å². The van der Waals surface area contributed by atoms with Crippen LogP contribution in [-0.4, -0.2) is 36.2 Å².